The second kappa shape index (κ2) is 5.62. The van der Waals surface area contributed by atoms with Crippen molar-refractivity contribution in [2.45, 2.75) is 13.0 Å². The molecule has 2 N–H and O–H groups in total. The summed E-state index contributed by atoms with van der Waals surface area (Å²) in [6.45, 7) is 4.73. The molecule has 1 fully saturated rings. The van der Waals surface area contributed by atoms with E-state index < -0.39 is 10.0 Å². The van der Waals surface area contributed by atoms with Gasteiger partial charge >= 0.3 is 0 Å². The van der Waals surface area contributed by atoms with E-state index >= 15 is 0 Å². The summed E-state index contributed by atoms with van der Waals surface area (Å²) in [6, 6.07) is 3.89. The van der Waals surface area contributed by atoms with E-state index in [9.17, 15) is 8.42 Å². The van der Waals surface area contributed by atoms with E-state index in [4.69, 9.17) is 10.2 Å². The summed E-state index contributed by atoms with van der Waals surface area (Å²) in [6.07, 6.45) is 1.25. The molecule has 0 radical (unpaired) electrons. The van der Waals surface area contributed by atoms with Crippen LogP contribution in [0, 0.1) is 6.92 Å². The van der Waals surface area contributed by atoms with Crippen LogP contribution in [0.25, 0.3) is 0 Å². The quantitative estimate of drug-likeness (QED) is 0.853. The Kier molecular flexibility index (Phi) is 4.29. The first-order valence-electron chi connectivity index (χ1n) is 6.37. The molecule has 0 bridgehead atoms. The molecule has 1 aliphatic rings. The first kappa shape index (κ1) is 14.5. The van der Waals surface area contributed by atoms with Crippen LogP contribution in [0.15, 0.2) is 16.5 Å². The molecule has 1 aromatic heterocycles. The van der Waals surface area contributed by atoms with Crippen molar-refractivity contribution in [2.24, 2.45) is 5.73 Å². The molecule has 1 saturated heterocycles. The second-order valence-corrected chi connectivity index (χ2v) is 6.88. The monoisotopic (exact) mass is 287 g/mol. The van der Waals surface area contributed by atoms with Gasteiger partial charge in [-0.1, -0.05) is 0 Å². The molecule has 1 unspecified atom stereocenters. The molecular weight excluding hydrogens is 266 g/mol. The van der Waals surface area contributed by atoms with Crippen molar-refractivity contribution in [3.05, 3.63) is 23.7 Å². The molecule has 1 aromatic rings. The number of piperazine rings is 1. The van der Waals surface area contributed by atoms with Crippen molar-refractivity contribution in [1.82, 2.24) is 9.21 Å². The molecule has 0 spiro atoms. The molecule has 6 nitrogen and oxygen atoms in total. The standard InChI is InChI=1S/C12H21N3O3S/c1-10-3-4-12(18-10)11(9-13)14-5-7-15(8-6-14)19(2,16)17/h3-4,11H,5-9,13H2,1-2H3. The number of rotatable bonds is 4. The highest BCUT2D eigenvalue weighted by Gasteiger charge is 2.29. The third-order valence-corrected chi connectivity index (χ3v) is 4.80. The van der Waals surface area contributed by atoms with Gasteiger partial charge in [0.05, 0.1) is 12.3 Å². The molecule has 0 saturated carbocycles. The fourth-order valence-corrected chi connectivity index (χ4v) is 3.25. The minimum atomic E-state index is -3.09. The van der Waals surface area contributed by atoms with Gasteiger partial charge < -0.3 is 10.2 Å². The number of furan rings is 1. The topological polar surface area (TPSA) is 79.8 Å². The summed E-state index contributed by atoms with van der Waals surface area (Å²) in [5, 5.41) is 0. The normalized spacial score (nSPS) is 20.6. The highest BCUT2D eigenvalue weighted by atomic mass is 32.2. The minimum absolute atomic E-state index is 0.0235. The molecule has 0 aromatic carbocycles. The number of aryl methyl sites for hydroxylation is 1. The summed E-state index contributed by atoms with van der Waals surface area (Å²) in [5.74, 6) is 1.72. The van der Waals surface area contributed by atoms with Crippen molar-refractivity contribution in [2.75, 3.05) is 39.0 Å². The molecule has 2 heterocycles. The van der Waals surface area contributed by atoms with Crippen LogP contribution >= 0.6 is 0 Å². The van der Waals surface area contributed by atoms with Gasteiger partial charge in [0.1, 0.15) is 11.5 Å². The van der Waals surface area contributed by atoms with Crippen LogP contribution in [0.3, 0.4) is 0 Å². The largest absolute Gasteiger partial charge is 0.465 e. The van der Waals surface area contributed by atoms with Crippen LogP contribution in [0.2, 0.25) is 0 Å². The molecule has 108 valence electrons. The number of hydrogen-bond acceptors (Lipinski definition) is 5. The van der Waals surface area contributed by atoms with Crippen LogP contribution in [0.1, 0.15) is 17.6 Å². The molecule has 2 rings (SSSR count). The fourth-order valence-electron chi connectivity index (χ4n) is 2.42. The van der Waals surface area contributed by atoms with Crippen molar-refractivity contribution in [3.8, 4) is 0 Å². The second-order valence-electron chi connectivity index (χ2n) is 4.90. The Balaban J connectivity index is 2.03. The van der Waals surface area contributed by atoms with Gasteiger partial charge in [-0.2, -0.15) is 4.31 Å². The maximum atomic E-state index is 11.5. The third kappa shape index (κ3) is 3.36. The SMILES string of the molecule is Cc1ccc(C(CN)N2CCN(S(C)(=O)=O)CC2)o1. The van der Waals surface area contributed by atoms with E-state index in [0.717, 1.165) is 11.5 Å². The molecular formula is C12H21N3O3S. The van der Waals surface area contributed by atoms with Gasteiger partial charge in [-0.3, -0.25) is 4.90 Å². The van der Waals surface area contributed by atoms with Gasteiger partial charge in [-0.05, 0) is 19.1 Å². The maximum absolute atomic E-state index is 11.5. The lowest BCUT2D eigenvalue weighted by Crippen LogP contribution is -2.50. The molecule has 7 heteroatoms. The van der Waals surface area contributed by atoms with E-state index in [1.165, 1.54) is 10.6 Å². The lowest BCUT2D eigenvalue weighted by molar-refractivity contribution is 0.126. The molecule has 0 aliphatic carbocycles. The van der Waals surface area contributed by atoms with Gasteiger partial charge in [-0.25, -0.2) is 8.42 Å². The average Bonchev–Trinajstić information content (AvgIpc) is 2.76. The van der Waals surface area contributed by atoms with Crippen molar-refractivity contribution in [3.63, 3.8) is 0 Å². The van der Waals surface area contributed by atoms with Gasteiger partial charge in [0.25, 0.3) is 0 Å². The van der Waals surface area contributed by atoms with Crippen molar-refractivity contribution >= 4 is 10.0 Å². The Morgan fingerprint density at radius 3 is 2.37 bits per heavy atom. The fraction of sp³-hybridized carbons (Fsp3) is 0.667. The van der Waals surface area contributed by atoms with Crippen LogP contribution in [-0.4, -0.2) is 56.6 Å². The Hall–Kier alpha value is -0.890. The smallest absolute Gasteiger partial charge is 0.211 e. The van der Waals surface area contributed by atoms with Crippen LogP contribution < -0.4 is 5.73 Å². The third-order valence-electron chi connectivity index (χ3n) is 3.50. The Labute approximate surface area is 114 Å². The number of sulfonamides is 1. The van der Waals surface area contributed by atoms with Gasteiger partial charge in [0, 0.05) is 32.7 Å². The van der Waals surface area contributed by atoms with Gasteiger partial charge in [0.15, 0.2) is 0 Å². The Bertz CT molecular complexity index is 518. The zero-order valence-electron chi connectivity index (χ0n) is 11.4. The summed E-state index contributed by atoms with van der Waals surface area (Å²) < 4.78 is 30.1. The van der Waals surface area contributed by atoms with E-state index in [-0.39, 0.29) is 6.04 Å². The number of nitrogens with zero attached hydrogens (tertiary/aromatic N) is 2. The Morgan fingerprint density at radius 2 is 1.95 bits per heavy atom. The van der Waals surface area contributed by atoms with Gasteiger partial charge in [-0.15, -0.1) is 0 Å². The van der Waals surface area contributed by atoms with E-state index in [2.05, 4.69) is 4.90 Å². The number of nitrogens with two attached hydrogens (primary N) is 1. The molecule has 0 amide bonds. The highest BCUT2D eigenvalue weighted by Crippen LogP contribution is 2.23. The summed E-state index contributed by atoms with van der Waals surface area (Å²) >= 11 is 0. The predicted molar refractivity (Wildman–Crippen MR) is 73.2 cm³/mol. The lowest BCUT2D eigenvalue weighted by Gasteiger charge is -2.37. The van der Waals surface area contributed by atoms with Crippen LogP contribution in [0.4, 0.5) is 0 Å². The summed E-state index contributed by atoms with van der Waals surface area (Å²) in [7, 11) is -3.09. The van der Waals surface area contributed by atoms with E-state index in [1.807, 2.05) is 19.1 Å². The van der Waals surface area contributed by atoms with Crippen molar-refractivity contribution in [1.29, 1.82) is 0 Å². The highest BCUT2D eigenvalue weighted by molar-refractivity contribution is 7.88. The Morgan fingerprint density at radius 1 is 1.32 bits per heavy atom. The number of hydrogen-bond donors (Lipinski definition) is 1. The average molecular weight is 287 g/mol. The zero-order chi connectivity index (χ0) is 14.0. The van der Waals surface area contributed by atoms with Crippen LogP contribution in [-0.2, 0) is 10.0 Å². The summed E-state index contributed by atoms with van der Waals surface area (Å²) in [4.78, 5) is 2.18. The van der Waals surface area contributed by atoms with Gasteiger partial charge in [0.2, 0.25) is 10.0 Å². The minimum Gasteiger partial charge on any atom is -0.465 e. The van der Waals surface area contributed by atoms with E-state index in [0.29, 0.717) is 32.7 Å². The summed E-state index contributed by atoms with van der Waals surface area (Å²) in [5.41, 5.74) is 5.83. The lowest BCUT2D eigenvalue weighted by atomic mass is 10.1. The molecule has 19 heavy (non-hydrogen) atoms. The first-order valence-corrected chi connectivity index (χ1v) is 8.22. The predicted octanol–water partition coefficient (Wildman–Crippen LogP) is 0.165. The first-order chi connectivity index (χ1) is 8.91. The van der Waals surface area contributed by atoms with Crippen molar-refractivity contribution < 1.29 is 12.8 Å². The van der Waals surface area contributed by atoms with E-state index in [1.54, 1.807) is 0 Å². The maximum Gasteiger partial charge on any atom is 0.211 e. The molecule has 1 atom stereocenters. The zero-order valence-corrected chi connectivity index (χ0v) is 12.2. The van der Waals surface area contributed by atoms with Crippen LogP contribution in [0.5, 0.6) is 0 Å². The molecule has 1 aliphatic heterocycles.